The Hall–Kier alpha value is -1.99. The Morgan fingerprint density at radius 2 is 2.10 bits per heavy atom. The highest BCUT2D eigenvalue weighted by Gasteiger charge is 2.21. The molecule has 1 heterocycles. The number of benzene rings is 1. The number of anilines is 1. The molecule has 0 saturated carbocycles. The number of hydrogen-bond acceptors (Lipinski definition) is 5. The van der Waals surface area contributed by atoms with Crippen molar-refractivity contribution in [1.82, 2.24) is 0 Å². The third-order valence-electron chi connectivity index (χ3n) is 2.77. The van der Waals surface area contributed by atoms with Gasteiger partial charge in [-0.3, -0.25) is 4.72 Å². The first-order chi connectivity index (χ1) is 9.96. The van der Waals surface area contributed by atoms with Gasteiger partial charge in [-0.25, -0.2) is 8.42 Å². The molecule has 2 N–H and O–H groups in total. The van der Waals surface area contributed by atoms with E-state index in [0.717, 1.165) is 0 Å². The second kappa shape index (κ2) is 6.19. The average molecular weight is 311 g/mol. The molecule has 0 unspecified atom stereocenters. The SMILES string of the molecule is CCOc1cccc(NS(=O)(=O)c2cc(CO)oc2C)c1. The Labute approximate surface area is 123 Å². The molecule has 114 valence electrons. The lowest BCUT2D eigenvalue weighted by atomic mass is 10.3. The maximum absolute atomic E-state index is 12.3. The smallest absolute Gasteiger partial charge is 0.265 e. The third-order valence-corrected chi connectivity index (χ3v) is 4.25. The van der Waals surface area contributed by atoms with Gasteiger partial charge in [-0.05, 0) is 26.0 Å². The van der Waals surface area contributed by atoms with Crippen molar-refractivity contribution in [3.05, 3.63) is 41.9 Å². The highest BCUT2D eigenvalue weighted by atomic mass is 32.2. The van der Waals surface area contributed by atoms with Gasteiger partial charge in [-0.15, -0.1) is 0 Å². The first kappa shape index (κ1) is 15.4. The van der Waals surface area contributed by atoms with E-state index in [1.165, 1.54) is 13.0 Å². The number of ether oxygens (including phenoxy) is 1. The number of nitrogens with one attached hydrogen (secondary N) is 1. The van der Waals surface area contributed by atoms with Crippen LogP contribution in [0.1, 0.15) is 18.4 Å². The summed E-state index contributed by atoms with van der Waals surface area (Å²) in [6.45, 7) is 3.53. The zero-order valence-corrected chi connectivity index (χ0v) is 12.6. The lowest BCUT2D eigenvalue weighted by Crippen LogP contribution is -2.13. The second-order valence-electron chi connectivity index (χ2n) is 4.36. The monoisotopic (exact) mass is 311 g/mol. The number of aliphatic hydroxyl groups is 1. The molecule has 0 aliphatic carbocycles. The molecule has 0 aliphatic heterocycles. The summed E-state index contributed by atoms with van der Waals surface area (Å²) in [5, 5.41) is 9.00. The molecule has 0 spiro atoms. The lowest BCUT2D eigenvalue weighted by Gasteiger charge is -2.09. The van der Waals surface area contributed by atoms with Gasteiger partial charge in [-0.1, -0.05) is 6.07 Å². The number of sulfonamides is 1. The Morgan fingerprint density at radius 3 is 2.71 bits per heavy atom. The molecular weight excluding hydrogens is 294 g/mol. The topological polar surface area (TPSA) is 88.8 Å². The van der Waals surface area contributed by atoms with Crippen molar-refractivity contribution < 1.29 is 22.7 Å². The van der Waals surface area contributed by atoms with Crippen LogP contribution in [0.2, 0.25) is 0 Å². The van der Waals surface area contributed by atoms with E-state index in [9.17, 15) is 8.42 Å². The van der Waals surface area contributed by atoms with E-state index in [1.54, 1.807) is 24.3 Å². The van der Waals surface area contributed by atoms with Crippen LogP contribution in [0.5, 0.6) is 5.75 Å². The van der Waals surface area contributed by atoms with Crippen LogP contribution in [0, 0.1) is 6.92 Å². The fourth-order valence-corrected chi connectivity index (χ4v) is 3.15. The van der Waals surface area contributed by atoms with E-state index in [-0.39, 0.29) is 23.0 Å². The van der Waals surface area contributed by atoms with E-state index < -0.39 is 10.0 Å². The van der Waals surface area contributed by atoms with Crippen molar-refractivity contribution in [2.45, 2.75) is 25.3 Å². The van der Waals surface area contributed by atoms with Crippen molar-refractivity contribution in [1.29, 1.82) is 0 Å². The molecule has 21 heavy (non-hydrogen) atoms. The summed E-state index contributed by atoms with van der Waals surface area (Å²) in [5.74, 6) is 1.01. The normalized spacial score (nSPS) is 11.4. The molecule has 0 saturated heterocycles. The van der Waals surface area contributed by atoms with Gasteiger partial charge in [-0.2, -0.15) is 0 Å². The molecule has 6 nitrogen and oxygen atoms in total. The summed E-state index contributed by atoms with van der Waals surface area (Å²) in [5.41, 5.74) is 0.395. The summed E-state index contributed by atoms with van der Waals surface area (Å²) in [7, 11) is -3.78. The number of hydrogen-bond donors (Lipinski definition) is 2. The fraction of sp³-hybridized carbons (Fsp3) is 0.286. The van der Waals surface area contributed by atoms with Crippen LogP contribution in [-0.2, 0) is 16.6 Å². The standard InChI is InChI=1S/C14H17NO5S/c1-3-19-12-6-4-5-11(7-12)15-21(17,18)14-8-13(9-16)20-10(14)2/h4-8,15-16H,3,9H2,1-2H3. The lowest BCUT2D eigenvalue weighted by molar-refractivity contribution is 0.245. The zero-order valence-electron chi connectivity index (χ0n) is 11.8. The molecule has 0 radical (unpaired) electrons. The minimum atomic E-state index is -3.78. The molecule has 1 aromatic carbocycles. The Kier molecular flexibility index (Phi) is 4.54. The third kappa shape index (κ3) is 3.56. The first-order valence-electron chi connectivity index (χ1n) is 6.42. The molecule has 0 amide bonds. The van der Waals surface area contributed by atoms with Gasteiger partial charge >= 0.3 is 0 Å². The van der Waals surface area contributed by atoms with E-state index in [4.69, 9.17) is 14.3 Å². The van der Waals surface area contributed by atoms with Gasteiger partial charge in [0, 0.05) is 12.1 Å². The highest BCUT2D eigenvalue weighted by molar-refractivity contribution is 7.92. The van der Waals surface area contributed by atoms with Gasteiger partial charge < -0.3 is 14.3 Å². The van der Waals surface area contributed by atoms with Crippen LogP contribution in [0.25, 0.3) is 0 Å². The summed E-state index contributed by atoms with van der Waals surface area (Å²) in [4.78, 5) is 0.00774. The quantitative estimate of drug-likeness (QED) is 0.854. The van der Waals surface area contributed by atoms with E-state index in [1.807, 2.05) is 6.92 Å². The van der Waals surface area contributed by atoms with Crippen molar-refractivity contribution >= 4 is 15.7 Å². The molecular formula is C14H17NO5S. The van der Waals surface area contributed by atoms with Crippen LogP contribution in [0.3, 0.4) is 0 Å². The summed E-state index contributed by atoms with van der Waals surface area (Å²) in [6.07, 6.45) is 0. The molecule has 0 bridgehead atoms. The minimum Gasteiger partial charge on any atom is -0.494 e. The summed E-state index contributed by atoms with van der Waals surface area (Å²) >= 11 is 0. The van der Waals surface area contributed by atoms with Gasteiger partial charge in [0.2, 0.25) is 0 Å². The molecule has 0 fully saturated rings. The maximum atomic E-state index is 12.3. The van der Waals surface area contributed by atoms with Crippen molar-refractivity contribution in [2.75, 3.05) is 11.3 Å². The second-order valence-corrected chi connectivity index (χ2v) is 6.01. The van der Waals surface area contributed by atoms with Crippen LogP contribution in [0.15, 0.2) is 39.6 Å². The highest BCUT2D eigenvalue weighted by Crippen LogP contribution is 2.24. The van der Waals surface area contributed by atoms with Crippen molar-refractivity contribution in [2.24, 2.45) is 0 Å². The first-order valence-corrected chi connectivity index (χ1v) is 7.90. The molecule has 2 aromatic rings. The molecule has 0 aliphatic rings. The molecule has 0 atom stereocenters. The van der Waals surface area contributed by atoms with Gasteiger partial charge in [0.05, 0.1) is 12.3 Å². The van der Waals surface area contributed by atoms with Crippen LogP contribution in [0.4, 0.5) is 5.69 Å². The Balaban J connectivity index is 2.28. The zero-order chi connectivity index (χ0) is 15.5. The van der Waals surface area contributed by atoms with Crippen LogP contribution >= 0.6 is 0 Å². The van der Waals surface area contributed by atoms with Gasteiger partial charge in [0.15, 0.2) is 0 Å². The van der Waals surface area contributed by atoms with Gasteiger partial charge in [0.25, 0.3) is 10.0 Å². The maximum Gasteiger partial charge on any atom is 0.265 e. The molecule has 2 rings (SSSR count). The van der Waals surface area contributed by atoms with Crippen molar-refractivity contribution in [3.63, 3.8) is 0 Å². The number of furan rings is 1. The largest absolute Gasteiger partial charge is 0.494 e. The number of aliphatic hydroxyl groups excluding tert-OH is 1. The molecule has 1 aromatic heterocycles. The van der Waals surface area contributed by atoms with E-state index in [0.29, 0.717) is 18.0 Å². The Bertz CT molecular complexity index is 721. The molecule has 7 heteroatoms. The fourth-order valence-electron chi connectivity index (χ4n) is 1.90. The van der Waals surface area contributed by atoms with E-state index >= 15 is 0 Å². The number of rotatable bonds is 6. The Morgan fingerprint density at radius 1 is 1.33 bits per heavy atom. The summed E-state index contributed by atoms with van der Waals surface area (Å²) in [6, 6.07) is 7.98. The predicted molar refractivity (Wildman–Crippen MR) is 77.8 cm³/mol. The van der Waals surface area contributed by atoms with Crippen molar-refractivity contribution in [3.8, 4) is 5.75 Å². The van der Waals surface area contributed by atoms with Crippen LogP contribution < -0.4 is 9.46 Å². The van der Waals surface area contributed by atoms with E-state index in [2.05, 4.69) is 4.72 Å². The van der Waals surface area contributed by atoms with Crippen LogP contribution in [-0.4, -0.2) is 20.1 Å². The minimum absolute atomic E-state index is 0.00774. The van der Waals surface area contributed by atoms with Gasteiger partial charge in [0.1, 0.15) is 28.8 Å². The predicted octanol–water partition coefficient (Wildman–Crippen LogP) is 2.28. The number of aryl methyl sites for hydroxylation is 1. The average Bonchev–Trinajstić information content (AvgIpc) is 2.81. The summed E-state index contributed by atoms with van der Waals surface area (Å²) < 4.78 is 37.6.